The fourth-order valence-electron chi connectivity index (χ4n) is 3.49. The standard InChI is InChI=1S/C21H21ClN2OS2/c22-17-6-7-19-18(13-17)23-21(27-19)26-14-20(25)24-10-8-16(9-11-24)12-15-4-2-1-3-5-15/h1-7,13,16H,8-12,14H2. The topological polar surface area (TPSA) is 33.2 Å². The molecular weight excluding hydrogens is 396 g/mol. The zero-order valence-corrected chi connectivity index (χ0v) is 17.3. The van der Waals surface area contributed by atoms with Crippen LogP contribution in [0.5, 0.6) is 0 Å². The quantitative estimate of drug-likeness (QED) is 0.513. The van der Waals surface area contributed by atoms with Crippen molar-refractivity contribution in [3.63, 3.8) is 0 Å². The number of fused-ring (bicyclic) bond motifs is 1. The van der Waals surface area contributed by atoms with Crippen LogP contribution in [0, 0.1) is 5.92 Å². The molecule has 0 unspecified atom stereocenters. The van der Waals surface area contributed by atoms with Gasteiger partial charge in [-0.05, 0) is 48.9 Å². The monoisotopic (exact) mass is 416 g/mol. The molecule has 1 aromatic heterocycles. The van der Waals surface area contributed by atoms with Crippen molar-refractivity contribution in [3.8, 4) is 0 Å². The summed E-state index contributed by atoms with van der Waals surface area (Å²) in [4.78, 5) is 19.2. The molecule has 0 radical (unpaired) electrons. The highest BCUT2D eigenvalue weighted by atomic mass is 35.5. The number of thioether (sulfide) groups is 1. The molecule has 3 aromatic rings. The maximum absolute atomic E-state index is 12.6. The summed E-state index contributed by atoms with van der Waals surface area (Å²) in [5, 5.41) is 0.693. The summed E-state index contributed by atoms with van der Waals surface area (Å²) in [6, 6.07) is 16.4. The van der Waals surface area contributed by atoms with Crippen LogP contribution in [0.3, 0.4) is 0 Å². The molecule has 0 atom stereocenters. The van der Waals surface area contributed by atoms with Gasteiger partial charge in [0.05, 0.1) is 16.0 Å². The number of amides is 1. The first kappa shape index (κ1) is 18.8. The highest BCUT2D eigenvalue weighted by molar-refractivity contribution is 8.01. The molecule has 0 aliphatic carbocycles. The van der Waals surface area contributed by atoms with Crippen LogP contribution in [-0.2, 0) is 11.2 Å². The van der Waals surface area contributed by atoms with Crippen LogP contribution in [0.1, 0.15) is 18.4 Å². The van der Waals surface area contributed by atoms with Crippen molar-refractivity contribution in [1.82, 2.24) is 9.88 Å². The van der Waals surface area contributed by atoms with E-state index < -0.39 is 0 Å². The fraction of sp³-hybridized carbons (Fsp3) is 0.333. The van der Waals surface area contributed by atoms with Gasteiger partial charge in [-0.15, -0.1) is 11.3 Å². The summed E-state index contributed by atoms with van der Waals surface area (Å²) in [6.45, 7) is 1.73. The summed E-state index contributed by atoms with van der Waals surface area (Å²) in [5.74, 6) is 1.35. The highest BCUT2D eigenvalue weighted by Gasteiger charge is 2.23. The molecule has 4 rings (SSSR count). The van der Waals surface area contributed by atoms with Crippen molar-refractivity contribution in [3.05, 3.63) is 59.1 Å². The van der Waals surface area contributed by atoms with Gasteiger partial charge in [0.15, 0.2) is 4.34 Å². The van der Waals surface area contributed by atoms with E-state index in [0.717, 1.165) is 46.9 Å². The van der Waals surface area contributed by atoms with Crippen LogP contribution in [0.4, 0.5) is 0 Å². The molecule has 2 aromatic carbocycles. The molecule has 140 valence electrons. The van der Waals surface area contributed by atoms with E-state index in [2.05, 4.69) is 35.3 Å². The van der Waals surface area contributed by atoms with Crippen molar-refractivity contribution in [2.24, 2.45) is 5.92 Å². The second-order valence-corrected chi connectivity index (χ2v) is 9.58. The van der Waals surface area contributed by atoms with Crippen LogP contribution in [-0.4, -0.2) is 34.6 Å². The number of rotatable bonds is 5. The van der Waals surface area contributed by atoms with Crippen LogP contribution < -0.4 is 0 Å². The predicted molar refractivity (Wildman–Crippen MR) is 115 cm³/mol. The Morgan fingerprint density at radius 3 is 2.74 bits per heavy atom. The molecule has 3 nitrogen and oxygen atoms in total. The van der Waals surface area contributed by atoms with E-state index in [1.54, 1.807) is 11.3 Å². The van der Waals surface area contributed by atoms with Gasteiger partial charge >= 0.3 is 0 Å². The number of aromatic nitrogens is 1. The predicted octanol–water partition coefficient (Wildman–Crippen LogP) is 5.52. The number of thiazole rings is 1. The minimum Gasteiger partial charge on any atom is -0.342 e. The molecule has 1 fully saturated rings. The van der Waals surface area contributed by atoms with Crippen molar-refractivity contribution in [2.75, 3.05) is 18.8 Å². The molecule has 0 N–H and O–H groups in total. The van der Waals surface area contributed by atoms with Crippen molar-refractivity contribution in [2.45, 2.75) is 23.6 Å². The first-order valence-corrected chi connectivity index (χ1v) is 11.4. The Bertz CT molecular complexity index is 920. The Labute approximate surface area is 172 Å². The lowest BCUT2D eigenvalue weighted by atomic mass is 9.90. The van der Waals surface area contributed by atoms with Crippen molar-refractivity contribution in [1.29, 1.82) is 0 Å². The molecule has 2 heterocycles. The maximum atomic E-state index is 12.6. The van der Waals surface area contributed by atoms with Crippen LogP contribution in [0.25, 0.3) is 10.2 Å². The van der Waals surface area contributed by atoms with E-state index in [1.807, 2.05) is 23.1 Å². The average molecular weight is 417 g/mol. The third-order valence-corrected chi connectivity index (χ3v) is 7.38. The van der Waals surface area contributed by atoms with Gasteiger partial charge in [-0.3, -0.25) is 4.79 Å². The molecule has 0 saturated carbocycles. The summed E-state index contributed by atoms with van der Waals surface area (Å²) >= 11 is 9.17. The summed E-state index contributed by atoms with van der Waals surface area (Å²) in [6.07, 6.45) is 3.29. The van der Waals surface area contributed by atoms with Crippen LogP contribution >= 0.6 is 34.7 Å². The lowest BCUT2D eigenvalue weighted by Crippen LogP contribution is -2.39. The number of carbonyl (C=O) groups is 1. The molecule has 1 aliphatic heterocycles. The molecule has 1 saturated heterocycles. The molecule has 0 bridgehead atoms. The SMILES string of the molecule is O=C(CSc1nc2cc(Cl)ccc2s1)N1CCC(Cc2ccccc2)CC1. The minimum absolute atomic E-state index is 0.218. The van der Waals surface area contributed by atoms with Gasteiger partial charge in [-0.1, -0.05) is 53.7 Å². The third-order valence-electron chi connectivity index (χ3n) is 4.98. The largest absolute Gasteiger partial charge is 0.342 e. The Hall–Kier alpha value is -1.56. The first-order chi connectivity index (χ1) is 13.2. The van der Waals surface area contributed by atoms with Crippen molar-refractivity contribution >= 4 is 50.8 Å². The van der Waals surface area contributed by atoms with E-state index in [9.17, 15) is 4.79 Å². The number of likely N-dealkylation sites (tertiary alicyclic amines) is 1. The van der Waals surface area contributed by atoms with Gasteiger partial charge in [0.2, 0.25) is 5.91 Å². The highest BCUT2D eigenvalue weighted by Crippen LogP contribution is 2.31. The zero-order chi connectivity index (χ0) is 18.6. The lowest BCUT2D eigenvalue weighted by molar-refractivity contribution is -0.129. The van der Waals surface area contributed by atoms with E-state index >= 15 is 0 Å². The van der Waals surface area contributed by atoms with Gasteiger partial charge in [-0.2, -0.15) is 0 Å². The lowest BCUT2D eigenvalue weighted by Gasteiger charge is -2.32. The number of halogens is 1. The van der Waals surface area contributed by atoms with E-state index in [1.165, 1.54) is 17.3 Å². The van der Waals surface area contributed by atoms with Gasteiger partial charge < -0.3 is 4.90 Å². The molecular formula is C21H21ClN2OS2. The minimum atomic E-state index is 0.218. The smallest absolute Gasteiger partial charge is 0.233 e. The first-order valence-electron chi connectivity index (χ1n) is 9.18. The Kier molecular flexibility index (Phi) is 6.01. The molecule has 0 spiro atoms. The molecule has 1 aliphatic rings. The normalized spacial score (nSPS) is 15.4. The second-order valence-electron chi connectivity index (χ2n) is 6.89. The number of piperidine rings is 1. The number of hydrogen-bond donors (Lipinski definition) is 0. The average Bonchev–Trinajstić information content (AvgIpc) is 3.09. The number of hydrogen-bond acceptors (Lipinski definition) is 4. The Morgan fingerprint density at radius 1 is 1.19 bits per heavy atom. The zero-order valence-electron chi connectivity index (χ0n) is 14.9. The number of nitrogens with zero attached hydrogens (tertiary/aromatic N) is 2. The van der Waals surface area contributed by atoms with Gasteiger partial charge in [0.25, 0.3) is 0 Å². The second kappa shape index (κ2) is 8.63. The van der Waals surface area contributed by atoms with Gasteiger partial charge in [0.1, 0.15) is 0 Å². The third kappa shape index (κ3) is 4.84. The van der Waals surface area contributed by atoms with Gasteiger partial charge in [0, 0.05) is 18.1 Å². The summed E-state index contributed by atoms with van der Waals surface area (Å²) < 4.78 is 2.04. The summed E-state index contributed by atoms with van der Waals surface area (Å²) in [7, 11) is 0. The maximum Gasteiger partial charge on any atom is 0.233 e. The number of benzene rings is 2. The summed E-state index contributed by atoms with van der Waals surface area (Å²) in [5.41, 5.74) is 2.30. The van der Waals surface area contributed by atoms with Crippen LogP contribution in [0.15, 0.2) is 52.9 Å². The van der Waals surface area contributed by atoms with E-state index in [4.69, 9.17) is 11.6 Å². The Morgan fingerprint density at radius 2 is 1.96 bits per heavy atom. The van der Waals surface area contributed by atoms with Gasteiger partial charge in [-0.25, -0.2) is 4.98 Å². The Balaban J connectivity index is 1.26. The molecule has 6 heteroatoms. The molecule has 27 heavy (non-hydrogen) atoms. The van der Waals surface area contributed by atoms with E-state index in [-0.39, 0.29) is 5.91 Å². The van der Waals surface area contributed by atoms with Crippen molar-refractivity contribution < 1.29 is 4.79 Å². The van der Waals surface area contributed by atoms with E-state index in [0.29, 0.717) is 16.7 Å². The molecule has 1 amide bonds. The number of carbonyl (C=O) groups excluding carboxylic acids is 1. The van der Waals surface area contributed by atoms with Crippen LogP contribution in [0.2, 0.25) is 5.02 Å². The fourth-order valence-corrected chi connectivity index (χ4v) is 5.61.